The molecule has 1 fully saturated rings. The van der Waals surface area contributed by atoms with Gasteiger partial charge in [-0.2, -0.15) is 5.10 Å². The Balaban J connectivity index is 1.67. The number of aromatic nitrogens is 3. The molecule has 0 bridgehead atoms. The average Bonchev–Trinajstić information content (AvgIpc) is 3.22. The van der Waals surface area contributed by atoms with E-state index in [-0.39, 0.29) is 29.6 Å². The number of hydrogen-bond acceptors (Lipinski definition) is 4. The molecule has 1 aromatic carbocycles. The van der Waals surface area contributed by atoms with Crippen molar-refractivity contribution in [1.29, 1.82) is 0 Å². The Labute approximate surface area is 155 Å². The molecule has 1 saturated carbocycles. The molecule has 4 rings (SSSR count). The smallest absolute Gasteiger partial charge is 0.274 e. The molecule has 7 nitrogen and oxygen atoms in total. The Morgan fingerprint density at radius 1 is 1.11 bits per heavy atom. The van der Waals surface area contributed by atoms with E-state index in [1.807, 2.05) is 18.2 Å². The zero-order chi connectivity index (χ0) is 18.8. The van der Waals surface area contributed by atoms with Crippen LogP contribution in [-0.4, -0.2) is 20.7 Å². The van der Waals surface area contributed by atoms with Gasteiger partial charge in [-0.25, -0.2) is 4.68 Å². The molecular formula is C20H20N4O3. The van der Waals surface area contributed by atoms with Gasteiger partial charge in [-0.15, -0.1) is 0 Å². The summed E-state index contributed by atoms with van der Waals surface area (Å²) in [6.45, 7) is 0.200. The van der Waals surface area contributed by atoms with Gasteiger partial charge in [-0.3, -0.25) is 14.4 Å². The third-order valence-corrected chi connectivity index (χ3v) is 5.04. The standard InChI is InChI=1S/C20H20N4O3/c25-18-10-9-13(11-21-18)19(26)22-12-17-15-7-3-4-8-16(15)20(27)24(23-17)14-5-1-2-6-14/h3-4,7-11,14H,1-2,5-6,12H2,(H,21,25)(H,22,26). The summed E-state index contributed by atoms with van der Waals surface area (Å²) in [5.41, 5.74) is 0.689. The molecule has 0 unspecified atom stereocenters. The van der Waals surface area contributed by atoms with Crippen molar-refractivity contribution in [3.8, 4) is 0 Å². The number of nitrogens with one attached hydrogen (secondary N) is 2. The number of benzene rings is 1. The molecule has 1 aliphatic rings. The maximum Gasteiger partial charge on any atom is 0.274 e. The molecule has 1 aliphatic carbocycles. The van der Waals surface area contributed by atoms with Crippen molar-refractivity contribution in [1.82, 2.24) is 20.1 Å². The van der Waals surface area contributed by atoms with Gasteiger partial charge >= 0.3 is 0 Å². The second kappa shape index (κ2) is 7.19. The van der Waals surface area contributed by atoms with Crippen molar-refractivity contribution in [2.24, 2.45) is 0 Å². The number of carbonyl (C=O) groups excluding carboxylic acids is 1. The number of pyridine rings is 1. The van der Waals surface area contributed by atoms with Gasteiger partial charge in [0.1, 0.15) is 0 Å². The van der Waals surface area contributed by atoms with E-state index in [4.69, 9.17) is 0 Å². The van der Waals surface area contributed by atoms with E-state index in [1.165, 1.54) is 18.3 Å². The van der Waals surface area contributed by atoms with Crippen LogP contribution in [0.25, 0.3) is 10.8 Å². The Morgan fingerprint density at radius 2 is 1.85 bits per heavy atom. The van der Waals surface area contributed by atoms with Crippen molar-refractivity contribution in [2.45, 2.75) is 38.3 Å². The summed E-state index contributed by atoms with van der Waals surface area (Å²) < 4.78 is 1.59. The summed E-state index contributed by atoms with van der Waals surface area (Å²) in [6, 6.07) is 10.3. The van der Waals surface area contributed by atoms with E-state index in [0.717, 1.165) is 31.1 Å². The first-order chi connectivity index (χ1) is 13.1. The van der Waals surface area contributed by atoms with Gasteiger partial charge in [0.25, 0.3) is 11.5 Å². The topological polar surface area (TPSA) is 96.8 Å². The highest BCUT2D eigenvalue weighted by molar-refractivity contribution is 5.94. The minimum absolute atomic E-state index is 0.0757. The molecule has 27 heavy (non-hydrogen) atoms. The van der Waals surface area contributed by atoms with Crippen LogP contribution >= 0.6 is 0 Å². The third-order valence-electron chi connectivity index (χ3n) is 5.04. The minimum Gasteiger partial charge on any atom is -0.346 e. The summed E-state index contributed by atoms with van der Waals surface area (Å²) in [4.78, 5) is 38.8. The van der Waals surface area contributed by atoms with Crippen LogP contribution in [0.1, 0.15) is 47.8 Å². The van der Waals surface area contributed by atoms with E-state index in [1.54, 1.807) is 10.7 Å². The maximum atomic E-state index is 12.8. The highest BCUT2D eigenvalue weighted by Gasteiger charge is 2.21. The number of aromatic amines is 1. The largest absolute Gasteiger partial charge is 0.346 e. The Bertz CT molecular complexity index is 1090. The zero-order valence-corrected chi connectivity index (χ0v) is 14.8. The molecule has 2 heterocycles. The van der Waals surface area contributed by atoms with Crippen molar-refractivity contribution >= 4 is 16.7 Å². The van der Waals surface area contributed by atoms with E-state index < -0.39 is 0 Å². The molecule has 2 aromatic heterocycles. The van der Waals surface area contributed by atoms with E-state index in [2.05, 4.69) is 15.4 Å². The summed E-state index contributed by atoms with van der Waals surface area (Å²) in [6.07, 6.45) is 5.49. The van der Waals surface area contributed by atoms with Gasteiger partial charge in [0, 0.05) is 17.6 Å². The van der Waals surface area contributed by atoms with Crippen molar-refractivity contribution < 1.29 is 4.79 Å². The second-order valence-corrected chi connectivity index (χ2v) is 6.80. The van der Waals surface area contributed by atoms with Crippen LogP contribution < -0.4 is 16.4 Å². The molecule has 2 N–H and O–H groups in total. The Hall–Kier alpha value is -3.22. The highest BCUT2D eigenvalue weighted by atomic mass is 16.2. The lowest BCUT2D eigenvalue weighted by atomic mass is 10.1. The molecule has 0 saturated heterocycles. The number of hydrogen-bond donors (Lipinski definition) is 2. The van der Waals surface area contributed by atoms with Crippen molar-refractivity contribution in [3.63, 3.8) is 0 Å². The Morgan fingerprint density at radius 3 is 2.56 bits per heavy atom. The maximum absolute atomic E-state index is 12.8. The molecular weight excluding hydrogens is 344 g/mol. The molecule has 0 atom stereocenters. The number of nitrogens with zero attached hydrogens (tertiary/aromatic N) is 2. The van der Waals surface area contributed by atoms with E-state index >= 15 is 0 Å². The first kappa shape index (κ1) is 17.2. The molecule has 0 radical (unpaired) electrons. The van der Waals surface area contributed by atoms with Crippen molar-refractivity contribution in [2.75, 3.05) is 0 Å². The summed E-state index contributed by atoms with van der Waals surface area (Å²) >= 11 is 0. The van der Waals surface area contributed by atoms with Gasteiger partial charge in [-0.1, -0.05) is 31.0 Å². The lowest BCUT2D eigenvalue weighted by molar-refractivity contribution is 0.0950. The van der Waals surface area contributed by atoms with Gasteiger partial charge in [0.15, 0.2) is 0 Å². The first-order valence-electron chi connectivity index (χ1n) is 9.11. The van der Waals surface area contributed by atoms with E-state index in [0.29, 0.717) is 16.6 Å². The number of carbonyl (C=O) groups is 1. The summed E-state index contributed by atoms with van der Waals surface area (Å²) in [7, 11) is 0. The number of amides is 1. The van der Waals surface area contributed by atoms with Crippen LogP contribution in [0.15, 0.2) is 52.2 Å². The first-order valence-corrected chi connectivity index (χ1v) is 9.11. The molecule has 3 aromatic rings. The normalized spacial score (nSPS) is 14.5. The molecule has 0 aliphatic heterocycles. The second-order valence-electron chi connectivity index (χ2n) is 6.80. The average molecular weight is 364 g/mol. The number of H-pyrrole nitrogens is 1. The van der Waals surface area contributed by atoms with Gasteiger partial charge < -0.3 is 10.3 Å². The highest BCUT2D eigenvalue weighted by Crippen LogP contribution is 2.28. The molecule has 0 spiro atoms. The molecule has 7 heteroatoms. The SMILES string of the molecule is O=C(NCc1nn(C2CCCC2)c(=O)c2ccccc12)c1ccc(=O)[nH]c1. The van der Waals surface area contributed by atoms with Crippen LogP contribution in [0.4, 0.5) is 0 Å². The van der Waals surface area contributed by atoms with Crippen molar-refractivity contribution in [3.05, 3.63) is 74.6 Å². The lowest BCUT2D eigenvalue weighted by Gasteiger charge is -2.16. The third kappa shape index (κ3) is 3.40. The fourth-order valence-corrected chi connectivity index (χ4v) is 3.62. The fourth-order valence-electron chi connectivity index (χ4n) is 3.62. The Kier molecular flexibility index (Phi) is 4.58. The van der Waals surface area contributed by atoms with Gasteiger partial charge in [-0.05, 0) is 25.0 Å². The van der Waals surface area contributed by atoms with Crippen LogP contribution in [0, 0.1) is 0 Å². The van der Waals surface area contributed by atoms with Crippen LogP contribution in [0.3, 0.4) is 0 Å². The molecule has 138 valence electrons. The predicted molar refractivity (Wildman–Crippen MR) is 102 cm³/mol. The minimum atomic E-state index is -0.309. The van der Waals surface area contributed by atoms with Crippen LogP contribution in [-0.2, 0) is 6.54 Å². The number of fused-ring (bicyclic) bond motifs is 1. The monoisotopic (exact) mass is 364 g/mol. The summed E-state index contributed by atoms with van der Waals surface area (Å²) in [5, 5.41) is 8.79. The van der Waals surface area contributed by atoms with Gasteiger partial charge in [0.2, 0.25) is 5.56 Å². The van der Waals surface area contributed by atoms with Crippen LogP contribution in [0.5, 0.6) is 0 Å². The predicted octanol–water partition coefficient (Wildman–Crippen LogP) is 2.13. The number of rotatable bonds is 4. The summed E-state index contributed by atoms with van der Waals surface area (Å²) in [5.74, 6) is -0.309. The van der Waals surface area contributed by atoms with E-state index in [9.17, 15) is 14.4 Å². The quantitative estimate of drug-likeness (QED) is 0.741. The molecule has 1 amide bonds. The van der Waals surface area contributed by atoms with Gasteiger partial charge in [0.05, 0.1) is 29.2 Å². The lowest BCUT2D eigenvalue weighted by Crippen LogP contribution is -2.30. The fraction of sp³-hybridized carbons (Fsp3) is 0.300. The van der Waals surface area contributed by atoms with Crippen LogP contribution in [0.2, 0.25) is 0 Å². The zero-order valence-electron chi connectivity index (χ0n) is 14.8.